The van der Waals surface area contributed by atoms with Gasteiger partial charge in [-0.1, -0.05) is 19.3 Å². The van der Waals surface area contributed by atoms with Crippen LogP contribution in [0.5, 0.6) is 0 Å². The molecule has 18 heavy (non-hydrogen) atoms. The molecule has 1 fully saturated rings. The van der Waals surface area contributed by atoms with Crippen molar-refractivity contribution in [2.45, 2.75) is 51.6 Å². The van der Waals surface area contributed by atoms with Crippen molar-refractivity contribution in [1.29, 1.82) is 0 Å². The Balaban J connectivity index is 2.03. The standard InChI is InChI=1S/C10H19N5O2S/c1-2-18(16,17)11-8-10-12-13-14-15(10)9-6-4-3-5-7-9/h9,11H,2-8H2,1H3. The number of aromatic nitrogens is 4. The summed E-state index contributed by atoms with van der Waals surface area (Å²) in [4.78, 5) is 0. The highest BCUT2D eigenvalue weighted by molar-refractivity contribution is 7.89. The first kappa shape index (κ1) is 13.4. The fraction of sp³-hybridized carbons (Fsp3) is 0.900. The van der Waals surface area contributed by atoms with Gasteiger partial charge in [0, 0.05) is 0 Å². The predicted octanol–water partition coefficient (Wildman–Crippen LogP) is 0.618. The molecule has 0 aromatic carbocycles. The van der Waals surface area contributed by atoms with Crippen LogP contribution in [0.15, 0.2) is 0 Å². The predicted molar refractivity (Wildman–Crippen MR) is 66.2 cm³/mol. The van der Waals surface area contributed by atoms with Gasteiger partial charge in [0.15, 0.2) is 5.82 Å². The number of nitrogens with one attached hydrogen (secondary N) is 1. The van der Waals surface area contributed by atoms with Crippen LogP contribution in [0.25, 0.3) is 0 Å². The Hall–Kier alpha value is -1.02. The second kappa shape index (κ2) is 5.75. The van der Waals surface area contributed by atoms with E-state index in [4.69, 9.17) is 0 Å². The molecule has 8 heteroatoms. The molecule has 1 aromatic heterocycles. The minimum atomic E-state index is -3.20. The molecule has 1 heterocycles. The monoisotopic (exact) mass is 273 g/mol. The molecule has 0 amide bonds. The number of sulfonamides is 1. The largest absolute Gasteiger partial charge is 0.225 e. The van der Waals surface area contributed by atoms with Gasteiger partial charge in [-0.3, -0.25) is 0 Å². The summed E-state index contributed by atoms with van der Waals surface area (Å²) in [5, 5.41) is 11.5. The van der Waals surface area contributed by atoms with Crippen molar-refractivity contribution in [3.63, 3.8) is 0 Å². The molecule has 0 bridgehead atoms. The normalized spacial score (nSPS) is 18.1. The minimum Gasteiger partial charge on any atom is -0.225 e. The van der Waals surface area contributed by atoms with Crippen molar-refractivity contribution in [1.82, 2.24) is 24.9 Å². The molecule has 0 unspecified atom stereocenters. The Labute approximate surface area is 107 Å². The van der Waals surface area contributed by atoms with Gasteiger partial charge in [-0.05, 0) is 30.2 Å². The number of tetrazole rings is 1. The van der Waals surface area contributed by atoms with Gasteiger partial charge in [-0.2, -0.15) is 0 Å². The third-order valence-electron chi connectivity index (χ3n) is 3.31. The Morgan fingerprint density at radius 1 is 1.33 bits per heavy atom. The van der Waals surface area contributed by atoms with E-state index >= 15 is 0 Å². The molecule has 0 aliphatic heterocycles. The first-order valence-corrected chi connectivity index (χ1v) is 8.01. The Bertz CT molecular complexity index is 478. The molecule has 7 nitrogen and oxygen atoms in total. The van der Waals surface area contributed by atoms with E-state index in [9.17, 15) is 8.42 Å². The Morgan fingerprint density at radius 3 is 2.72 bits per heavy atom. The van der Waals surface area contributed by atoms with Gasteiger partial charge in [-0.15, -0.1) is 5.10 Å². The van der Waals surface area contributed by atoms with Gasteiger partial charge >= 0.3 is 0 Å². The molecule has 1 saturated carbocycles. The number of hydrogen-bond acceptors (Lipinski definition) is 5. The fourth-order valence-corrected chi connectivity index (χ4v) is 2.77. The lowest BCUT2D eigenvalue weighted by molar-refractivity contribution is 0.316. The third-order valence-corrected chi connectivity index (χ3v) is 4.66. The average molecular weight is 273 g/mol. The van der Waals surface area contributed by atoms with Crippen LogP contribution in [0.2, 0.25) is 0 Å². The smallest absolute Gasteiger partial charge is 0.211 e. The van der Waals surface area contributed by atoms with Crippen LogP contribution in [0, 0.1) is 0 Å². The van der Waals surface area contributed by atoms with Gasteiger partial charge in [0.1, 0.15) is 0 Å². The molecule has 0 saturated heterocycles. The summed E-state index contributed by atoms with van der Waals surface area (Å²) in [5.74, 6) is 0.664. The van der Waals surface area contributed by atoms with Gasteiger partial charge in [0.25, 0.3) is 0 Å². The lowest BCUT2D eigenvalue weighted by Gasteiger charge is -2.22. The van der Waals surface area contributed by atoms with Crippen molar-refractivity contribution in [3.8, 4) is 0 Å². The summed E-state index contributed by atoms with van der Waals surface area (Å²) in [5.41, 5.74) is 0. The molecule has 0 radical (unpaired) electrons. The molecule has 2 rings (SSSR count). The zero-order chi connectivity index (χ0) is 13.0. The van der Waals surface area contributed by atoms with Gasteiger partial charge < -0.3 is 0 Å². The zero-order valence-corrected chi connectivity index (χ0v) is 11.4. The summed E-state index contributed by atoms with van der Waals surface area (Å²) in [7, 11) is -3.20. The van der Waals surface area contributed by atoms with Gasteiger partial charge in [0.05, 0.1) is 18.3 Å². The van der Waals surface area contributed by atoms with E-state index in [0.29, 0.717) is 11.9 Å². The third kappa shape index (κ3) is 3.26. The van der Waals surface area contributed by atoms with Crippen molar-refractivity contribution in [3.05, 3.63) is 5.82 Å². The lowest BCUT2D eigenvalue weighted by atomic mass is 9.96. The zero-order valence-electron chi connectivity index (χ0n) is 10.5. The summed E-state index contributed by atoms with van der Waals surface area (Å²) in [6, 6.07) is 0.315. The van der Waals surface area contributed by atoms with Crippen LogP contribution in [0.3, 0.4) is 0 Å². The SMILES string of the molecule is CCS(=O)(=O)NCc1nnnn1C1CCCCC1. The molecule has 0 atom stereocenters. The molecule has 1 N–H and O–H groups in total. The van der Waals surface area contributed by atoms with Crippen LogP contribution in [0.1, 0.15) is 50.9 Å². The maximum Gasteiger partial charge on any atom is 0.211 e. The van der Waals surface area contributed by atoms with Crippen molar-refractivity contribution in [2.24, 2.45) is 0 Å². The summed E-state index contributed by atoms with van der Waals surface area (Å²) >= 11 is 0. The molecule has 1 aromatic rings. The van der Waals surface area contributed by atoms with E-state index in [1.807, 2.05) is 0 Å². The molecular formula is C10H19N5O2S. The maximum atomic E-state index is 11.4. The number of hydrogen-bond donors (Lipinski definition) is 1. The topological polar surface area (TPSA) is 89.8 Å². The van der Waals surface area contributed by atoms with Crippen LogP contribution >= 0.6 is 0 Å². The average Bonchev–Trinajstić information content (AvgIpc) is 2.86. The molecule has 1 aliphatic rings. The van der Waals surface area contributed by atoms with Crippen molar-refractivity contribution < 1.29 is 8.42 Å². The highest BCUT2D eigenvalue weighted by atomic mass is 32.2. The number of nitrogens with zero attached hydrogens (tertiary/aromatic N) is 4. The second-order valence-electron chi connectivity index (χ2n) is 4.56. The first-order chi connectivity index (χ1) is 8.62. The van der Waals surface area contributed by atoms with Crippen LogP contribution in [0.4, 0.5) is 0 Å². The Kier molecular flexibility index (Phi) is 4.28. The van der Waals surface area contributed by atoms with E-state index in [0.717, 1.165) is 12.8 Å². The van der Waals surface area contributed by atoms with E-state index in [1.165, 1.54) is 19.3 Å². The molecular weight excluding hydrogens is 254 g/mol. The molecule has 102 valence electrons. The Morgan fingerprint density at radius 2 is 2.06 bits per heavy atom. The highest BCUT2D eigenvalue weighted by Crippen LogP contribution is 2.27. The van der Waals surface area contributed by atoms with E-state index in [1.54, 1.807) is 11.6 Å². The van der Waals surface area contributed by atoms with Gasteiger partial charge in [0.2, 0.25) is 10.0 Å². The maximum absolute atomic E-state index is 11.4. The molecule has 1 aliphatic carbocycles. The first-order valence-electron chi connectivity index (χ1n) is 6.36. The summed E-state index contributed by atoms with van der Waals surface area (Å²) in [6.45, 7) is 1.77. The summed E-state index contributed by atoms with van der Waals surface area (Å²) < 4.78 is 27.1. The van der Waals surface area contributed by atoms with Crippen LogP contribution in [-0.4, -0.2) is 34.4 Å². The molecule has 0 spiro atoms. The lowest BCUT2D eigenvalue weighted by Crippen LogP contribution is -2.27. The quantitative estimate of drug-likeness (QED) is 0.849. The van der Waals surface area contributed by atoms with E-state index in [-0.39, 0.29) is 12.3 Å². The number of rotatable bonds is 5. The van der Waals surface area contributed by atoms with E-state index < -0.39 is 10.0 Å². The highest BCUT2D eigenvalue weighted by Gasteiger charge is 2.20. The van der Waals surface area contributed by atoms with Crippen molar-refractivity contribution >= 4 is 10.0 Å². The van der Waals surface area contributed by atoms with Crippen LogP contribution < -0.4 is 4.72 Å². The van der Waals surface area contributed by atoms with Crippen LogP contribution in [-0.2, 0) is 16.6 Å². The van der Waals surface area contributed by atoms with Gasteiger partial charge in [-0.25, -0.2) is 17.8 Å². The fourth-order valence-electron chi connectivity index (χ4n) is 2.21. The summed E-state index contributed by atoms with van der Waals surface area (Å²) in [6.07, 6.45) is 5.77. The van der Waals surface area contributed by atoms with E-state index in [2.05, 4.69) is 20.2 Å². The minimum absolute atomic E-state index is 0.0675. The second-order valence-corrected chi connectivity index (χ2v) is 6.65. The van der Waals surface area contributed by atoms with Crippen molar-refractivity contribution in [2.75, 3.05) is 5.75 Å².